The zero-order chi connectivity index (χ0) is 9.38. The van der Waals surface area contributed by atoms with Gasteiger partial charge in [0.15, 0.2) is 0 Å². The molecule has 0 aliphatic carbocycles. The largest absolute Gasteiger partial charge is 0.383 e. The van der Waals surface area contributed by atoms with E-state index in [0.29, 0.717) is 0 Å². The molecule has 0 saturated heterocycles. The number of hydrogen-bond donors (Lipinski definition) is 1. The van der Waals surface area contributed by atoms with Crippen LogP contribution in [-0.4, -0.2) is 21.5 Å². The Kier molecular flexibility index (Phi) is 1.53. The molecule has 4 heteroatoms. The van der Waals surface area contributed by atoms with Crippen LogP contribution in [0.25, 0.3) is 11.3 Å². The second-order valence-electron chi connectivity index (χ2n) is 3.31. The molecule has 1 aliphatic rings. The van der Waals surface area contributed by atoms with E-state index in [1.54, 1.807) is 0 Å². The summed E-state index contributed by atoms with van der Waals surface area (Å²) in [5, 5.41) is 11.3. The number of hydrogen-bond acceptors (Lipinski definition) is 3. The van der Waals surface area contributed by atoms with Crippen LogP contribution in [0.5, 0.6) is 0 Å². The Morgan fingerprint density at radius 2 is 2.21 bits per heavy atom. The molecule has 0 fully saturated rings. The maximum Gasteiger partial charge on any atom is 0.0907 e. The number of nitrogens with zero attached hydrogens (tertiary/aromatic N) is 3. The highest BCUT2D eigenvalue weighted by Crippen LogP contribution is 2.28. The first-order valence-electron chi connectivity index (χ1n) is 4.67. The van der Waals surface area contributed by atoms with Gasteiger partial charge in [0.1, 0.15) is 0 Å². The standard InChI is InChI=1S/C10H10N4/c1-2-4-9-8(3-1)10-7-12-13-14(10)6-5-11-9/h1-4,7,11H,5-6H2. The van der Waals surface area contributed by atoms with Crippen LogP contribution in [0.4, 0.5) is 5.69 Å². The highest BCUT2D eigenvalue weighted by molar-refractivity contribution is 5.75. The van der Waals surface area contributed by atoms with Crippen molar-refractivity contribution in [1.29, 1.82) is 0 Å². The summed E-state index contributed by atoms with van der Waals surface area (Å²) >= 11 is 0. The van der Waals surface area contributed by atoms with Crippen LogP contribution in [0.15, 0.2) is 30.5 Å². The van der Waals surface area contributed by atoms with Crippen LogP contribution in [0.1, 0.15) is 0 Å². The lowest BCUT2D eigenvalue weighted by Crippen LogP contribution is -2.08. The van der Waals surface area contributed by atoms with E-state index in [4.69, 9.17) is 0 Å². The van der Waals surface area contributed by atoms with Gasteiger partial charge >= 0.3 is 0 Å². The lowest BCUT2D eigenvalue weighted by Gasteiger charge is -2.04. The summed E-state index contributed by atoms with van der Waals surface area (Å²) in [4.78, 5) is 0. The normalized spacial score (nSPS) is 13.7. The van der Waals surface area contributed by atoms with Gasteiger partial charge in [-0.2, -0.15) is 0 Å². The summed E-state index contributed by atoms with van der Waals surface area (Å²) < 4.78 is 1.93. The van der Waals surface area contributed by atoms with Crippen LogP contribution < -0.4 is 5.32 Å². The number of anilines is 1. The minimum atomic E-state index is 0.865. The van der Waals surface area contributed by atoms with E-state index < -0.39 is 0 Å². The van der Waals surface area contributed by atoms with Crippen molar-refractivity contribution in [1.82, 2.24) is 15.0 Å². The molecule has 14 heavy (non-hydrogen) atoms. The van der Waals surface area contributed by atoms with Crippen molar-refractivity contribution in [2.24, 2.45) is 0 Å². The van der Waals surface area contributed by atoms with E-state index in [9.17, 15) is 0 Å². The van der Waals surface area contributed by atoms with Gasteiger partial charge < -0.3 is 5.32 Å². The highest BCUT2D eigenvalue weighted by Gasteiger charge is 2.13. The first-order valence-corrected chi connectivity index (χ1v) is 4.67. The lowest BCUT2D eigenvalue weighted by atomic mass is 10.1. The van der Waals surface area contributed by atoms with Gasteiger partial charge in [-0.15, -0.1) is 5.10 Å². The summed E-state index contributed by atoms with van der Waals surface area (Å²) in [6.07, 6.45) is 1.81. The fourth-order valence-electron chi connectivity index (χ4n) is 1.79. The topological polar surface area (TPSA) is 42.7 Å². The zero-order valence-corrected chi connectivity index (χ0v) is 7.64. The molecule has 1 aromatic carbocycles. The maximum atomic E-state index is 4.04. The summed E-state index contributed by atoms with van der Waals surface area (Å²) in [6, 6.07) is 8.23. The molecule has 0 radical (unpaired) electrons. The fourth-order valence-corrected chi connectivity index (χ4v) is 1.79. The molecule has 2 heterocycles. The minimum Gasteiger partial charge on any atom is -0.383 e. The van der Waals surface area contributed by atoms with E-state index in [1.807, 2.05) is 23.0 Å². The molecule has 70 valence electrons. The monoisotopic (exact) mass is 186 g/mol. The Morgan fingerprint density at radius 3 is 3.21 bits per heavy atom. The van der Waals surface area contributed by atoms with Crippen LogP contribution in [0, 0.1) is 0 Å². The third kappa shape index (κ3) is 1.00. The van der Waals surface area contributed by atoms with Gasteiger partial charge in [-0.1, -0.05) is 23.4 Å². The number of benzene rings is 1. The van der Waals surface area contributed by atoms with Crippen LogP contribution >= 0.6 is 0 Å². The molecular formula is C10H10N4. The third-order valence-corrected chi connectivity index (χ3v) is 2.46. The number of aromatic nitrogens is 3. The quantitative estimate of drug-likeness (QED) is 0.675. The molecule has 1 aromatic heterocycles. The molecule has 4 nitrogen and oxygen atoms in total. The lowest BCUT2D eigenvalue weighted by molar-refractivity contribution is 0.619. The summed E-state index contributed by atoms with van der Waals surface area (Å²) in [5.41, 5.74) is 3.43. The maximum absolute atomic E-state index is 4.04. The highest BCUT2D eigenvalue weighted by atomic mass is 15.4. The molecule has 0 unspecified atom stereocenters. The molecule has 0 saturated carbocycles. The number of para-hydroxylation sites is 1. The SMILES string of the molecule is c1ccc2c(c1)NCCn1nncc1-2. The van der Waals surface area contributed by atoms with Gasteiger partial charge in [-0.3, -0.25) is 0 Å². The number of fused-ring (bicyclic) bond motifs is 3. The van der Waals surface area contributed by atoms with Gasteiger partial charge in [0.25, 0.3) is 0 Å². The number of nitrogens with one attached hydrogen (secondary N) is 1. The van der Waals surface area contributed by atoms with E-state index in [-0.39, 0.29) is 0 Å². The van der Waals surface area contributed by atoms with Crippen molar-refractivity contribution in [3.63, 3.8) is 0 Å². The average molecular weight is 186 g/mol. The van der Waals surface area contributed by atoms with Gasteiger partial charge in [-0.25, -0.2) is 4.68 Å². The first-order chi connectivity index (χ1) is 6.95. The molecule has 2 aromatic rings. The Balaban J connectivity index is 2.27. The Hall–Kier alpha value is -1.84. The average Bonchev–Trinajstić information content (AvgIpc) is 2.61. The van der Waals surface area contributed by atoms with Crippen molar-refractivity contribution in [2.75, 3.05) is 11.9 Å². The molecule has 0 amide bonds. The fraction of sp³-hybridized carbons (Fsp3) is 0.200. The van der Waals surface area contributed by atoms with E-state index in [0.717, 1.165) is 24.5 Å². The van der Waals surface area contributed by atoms with Gasteiger partial charge in [0.2, 0.25) is 0 Å². The smallest absolute Gasteiger partial charge is 0.0907 e. The molecule has 3 rings (SSSR count). The predicted molar refractivity (Wildman–Crippen MR) is 53.9 cm³/mol. The summed E-state index contributed by atoms with van der Waals surface area (Å²) in [7, 11) is 0. The van der Waals surface area contributed by atoms with Gasteiger partial charge in [-0.05, 0) is 6.07 Å². The Morgan fingerprint density at radius 1 is 1.29 bits per heavy atom. The van der Waals surface area contributed by atoms with Gasteiger partial charge in [0, 0.05) is 17.8 Å². The molecule has 1 N–H and O–H groups in total. The summed E-state index contributed by atoms with van der Waals surface area (Å²) in [6.45, 7) is 1.76. The molecule has 0 spiro atoms. The van der Waals surface area contributed by atoms with Crippen LogP contribution in [-0.2, 0) is 6.54 Å². The van der Waals surface area contributed by atoms with Crippen molar-refractivity contribution >= 4 is 5.69 Å². The Bertz CT molecular complexity index is 461. The third-order valence-electron chi connectivity index (χ3n) is 2.46. The molecule has 0 bridgehead atoms. The van der Waals surface area contributed by atoms with Crippen LogP contribution in [0.2, 0.25) is 0 Å². The van der Waals surface area contributed by atoms with E-state index in [2.05, 4.69) is 27.8 Å². The number of rotatable bonds is 0. The summed E-state index contributed by atoms with van der Waals surface area (Å²) in [5.74, 6) is 0. The van der Waals surface area contributed by atoms with Crippen molar-refractivity contribution in [3.05, 3.63) is 30.5 Å². The Labute approximate surface area is 81.6 Å². The van der Waals surface area contributed by atoms with Crippen LogP contribution in [0.3, 0.4) is 0 Å². The second kappa shape index (κ2) is 2.83. The van der Waals surface area contributed by atoms with E-state index in [1.165, 1.54) is 5.56 Å². The minimum absolute atomic E-state index is 0.865. The predicted octanol–water partition coefficient (Wildman–Crippen LogP) is 1.37. The van der Waals surface area contributed by atoms with Crippen molar-refractivity contribution < 1.29 is 0 Å². The van der Waals surface area contributed by atoms with Gasteiger partial charge in [0.05, 0.1) is 18.4 Å². The van der Waals surface area contributed by atoms with E-state index >= 15 is 0 Å². The molecule has 0 atom stereocenters. The van der Waals surface area contributed by atoms with Crippen molar-refractivity contribution in [3.8, 4) is 11.3 Å². The second-order valence-corrected chi connectivity index (χ2v) is 3.31. The molecular weight excluding hydrogens is 176 g/mol. The first kappa shape index (κ1) is 7.55. The molecule has 1 aliphatic heterocycles. The zero-order valence-electron chi connectivity index (χ0n) is 7.64. The van der Waals surface area contributed by atoms with Crippen molar-refractivity contribution in [2.45, 2.75) is 6.54 Å².